The number of benzene rings is 1. The maximum absolute atomic E-state index is 5.74. The first-order valence-electron chi connectivity index (χ1n) is 6.71. The van der Waals surface area contributed by atoms with Crippen LogP contribution >= 0.6 is 0 Å². The number of morpholine rings is 1. The molecular formula is C15H17N3O2. The number of nitrogens with zero attached hydrogens (tertiary/aromatic N) is 2. The molecule has 2 heterocycles. The molecule has 0 bridgehead atoms. The van der Waals surface area contributed by atoms with Gasteiger partial charge in [0, 0.05) is 19.2 Å². The van der Waals surface area contributed by atoms with Crippen LogP contribution in [0.1, 0.15) is 17.2 Å². The lowest BCUT2D eigenvalue weighted by Crippen LogP contribution is -2.33. The highest BCUT2D eigenvalue weighted by Crippen LogP contribution is 2.25. The minimum absolute atomic E-state index is 0.0795. The predicted octanol–water partition coefficient (Wildman–Crippen LogP) is 2.24. The maximum Gasteiger partial charge on any atom is 0.239 e. The van der Waals surface area contributed by atoms with Gasteiger partial charge in [-0.2, -0.15) is 5.10 Å². The van der Waals surface area contributed by atoms with E-state index in [1.54, 1.807) is 6.20 Å². The third kappa shape index (κ3) is 3.12. The van der Waals surface area contributed by atoms with Crippen molar-refractivity contribution in [2.24, 2.45) is 0 Å². The molecule has 0 aliphatic carbocycles. The zero-order valence-electron chi connectivity index (χ0n) is 11.4. The minimum atomic E-state index is 0.0795. The predicted molar refractivity (Wildman–Crippen MR) is 74.8 cm³/mol. The van der Waals surface area contributed by atoms with E-state index in [1.165, 1.54) is 0 Å². The van der Waals surface area contributed by atoms with Gasteiger partial charge in [-0.15, -0.1) is 5.10 Å². The molecule has 0 unspecified atom stereocenters. The molecule has 1 N–H and O–H groups in total. The molecule has 5 heteroatoms. The summed E-state index contributed by atoms with van der Waals surface area (Å²) in [4.78, 5) is 0. The molecule has 0 saturated carbocycles. The summed E-state index contributed by atoms with van der Waals surface area (Å²) >= 11 is 0. The quantitative estimate of drug-likeness (QED) is 0.927. The average molecular weight is 271 g/mol. The molecule has 1 aromatic carbocycles. The minimum Gasteiger partial charge on any atom is -0.438 e. The van der Waals surface area contributed by atoms with Crippen LogP contribution in [0.3, 0.4) is 0 Å². The van der Waals surface area contributed by atoms with Crippen LogP contribution in [-0.4, -0.2) is 29.9 Å². The Bertz CT molecular complexity index is 583. The molecule has 104 valence electrons. The largest absolute Gasteiger partial charge is 0.438 e. The van der Waals surface area contributed by atoms with Gasteiger partial charge in [-0.05, 0) is 30.2 Å². The van der Waals surface area contributed by atoms with E-state index in [0.29, 0.717) is 5.88 Å². The first-order valence-corrected chi connectivity index (χ1v) is 6.71. The second-order valence-corrected chi connectivity index (χ2v) is 4.81. The lowest BCUT2D eigenvalue weighted by atomic mass is 10.1. The average Bonchev–Trinajstić information content (AvgIpc) is 2.48. The number of ether oxygens (including phenoxy) is 2. The number of rotatable bonds is 3. The van der Waals surface area contributed by atoms with Crippen molar-refractivity contribution in [3.05, 3.63) is 47.7 Å². The van der Waals surface area contributed by atoms with Crippen molar-refractivity contribution in [3.63, 3.8) is 0 Å². The molecule has 2 aromatic rings. The summed E-state index contributed by atoms with van der Waals surface area (Å²) in [6.07, 6.45) is 1.78. The lowest BCUT2D eigenvalue weighted by Gasteiger charge is -2.24. The van der Waals surface area contributed by atoms with Gasteiger partial charge in [0.05, 0.1) is 18.9 Å². The first-order chi connectivity index (χ1) is 9.81. The fourth-order valence-corrected chi connectivity index (χ4v) is 2.17. The van der Waals surface area contributed by atoms with E-state index in [4.69, 9.17) is 9.47 Å². The van der Waals surface area contributed by atoms with Gasteiger partial charge < -0.3 is 14.8 Å². The number of hydrogen-bond donors (Lipinski definition) is 1. The Hall–Kier alpha value is -1.98. The van der Waals surface area contributed by atoms with Gasteiger partial charge >= 0.3 is 0 Å². The van der Waals surface area contributed by atoms with E-state index < -0.39 is 0 Å². The maximum atomic E-state index is 5.74. The van der Waals surface area contributed by atoms with Gasteiger partial charge in [0.25, 0.3) is 0 Å². The fraction of sp³-hybridized carbons (Fsp3) is 0.333. The highest BCUT2D eigenvalue weighted by atomic mass is 16.5. The lowest BCUT2D eigenvalue weighted by molar-refractivity contribution is 0.0276. The molecule has 0 radical (unpaired) electrons. The van der Waals surface area contributed by atoms with Crippen LogP contribution in [0.15, 0.2) is 36.5 Å². The molecule has 1 atom stereocenters. The zero-order chi connectivity index (χ0) is 13.8. The van der Waals surface area contributed by atoms with Crippen LogP contribution in [0.25, 0.3) is 0 Å². The third-order valence-corrected chi connectivity index (χ3v) is 3.15. The zero-order valence-corrected chi connectivity index (χ0v) is 11.4. The second kappa shape index (κ2) is 5.98. The summed E-state index contributed by atoms with van der Waals surface area (Å²) in [5.41, 5.74) is 2.13. The van der Waals surface area contributed by atoms with Gasteiger partial charge in [-0.3, -0.25) is 0 Å². The van der Waals surface area contributed by atoms with Crippen molar-refractivity contribution in [1.82, 2.24) is 15.5 Å². The number of aromatic nitrogens is 2. The summed E-state index contributed by atoms with van der Waals surface area (Å²) in [5, 5.41) is 11.2. The van der Waals surface area contributed by atoms with Gasteiger partial charge in [-0.1, -0.05) is 12.1 Å². The van der Waals surface area contributed by atoms with Crippen LogP contribution in [0.2, 0.25) is 0 Å². The van der Waals surface area contributed by atoms with Crippen LogP contribution in [0.4, 0.5) is 0 Å². The van der Waals surface area contributed by atoms with Crippen molar-refractivity contribution in [1.29, 1.82) is 0 Å². The van der Waals surface area contributed by atoms with Crippen molar-refractivity contribution < 1.29 is 9.47 Å². The molecule has 1 fully saturated rings. The van der Waals surface area contributed by atoms with Gasteiger partial charge in [0.15, 0.2) is 0 Å². The van der Waals surface area contributed by atoms with E-state index in [0.717, 1.165) is 36.6 Å². The topological polar surface area (TPSA) is 56.3 Å². The van der Waals surface area contributed by atoms with Crippen molar-refractivity contribution >= 4 is 0 Å². The summed E-state index contributed by atoms with van der Waals surface area (Å²) in [6.45, 7) is 4.43. The van der Waals surface area contributed by atoms with Crippen LogP contribution in [0.5, 0.6) is 11.6 Å². The third-order valence-electron chi connectivity index (χ3n) is 3.15. The number of hydrogen-bond acceptors (Lipinski definition) is 5. The molecule has 0 amide bonds. The molecule has 1 aromatic heterocycles. The number of aryl methyl sites for hydroxylation is 1. The molecule has 1 aliphatic rings. The number of nitrogens with one attached hydrogen (secondary N) is 1. The van der Waals surface area contributed by atoms with Gasteiger partial charge in [0.1, 0.15) is 5.75 Å². The summed E-state index contributed by atoms with van der Waals surface area (Å²) in [6, 6.07) is 9.77. The van der Waals surface area contributed by atoms with Crippen molar-refractivity contribution in [2.75, 3.05) is 19.7 Å². The second-order valence-electron chi connectivity index (χ2n) is 4.81. The Morgan fingerprint density at radius 3 is 3.10 bits per heavy atom. The van der Waals surface area contributed by atoms with Crippen LogP contribution in [0, 0.1) is 6.92 Å². The normalized spacial score (nSPS) is 18.8. The fourth-order valence-electron chi connectivity index (χ4n) is 2.17. The molecular weight excluding hydrogens is 254 g/mol. The molecule has 20 heavy (non-hydrogen) atoms. The molecule has 3 rings (SSSR count). The SMILES string of the molecule is Cc1cnnc(Oc2cccc([C@@H]3CNCCO3)c2)c1. The van der Waals surface area contributed by atoms with Crippen LogP contribution < -0.4 is 10.1 Å². The highest BCUT2D eigenvalue weighted by Gasteiger charge is 2.16. The van der Waals surface area contributed by atoms with Gasteiger partial charge in [-0.25, -0.2) is 0 Å². The molecule has 1 aliphatic heterocycles. The van der Waals surface area contributed by atoms with Gasteiger partial charge in [0.2, 0.25) is 5.88 Å². The molecule has 0 spiro atoms. The Morgan fingerprint density at radius 1 is 1.35 bits per heavy atom. The Balaban J connectivity index is 1.77. The molecule has 5 nitrogen and oxygen atoms in total. The van der Waals surface area contributed by atoms with E-state index in [9.17, 15) is 0 Å². The molecule has 1 saturated heterocycles. The Kier molecular flexibility index (Phi) is 3.90. The Labute approximate surface area is 117 Å². The van der Waals surface area contributed by atoms with E-state index in [-0.39, 0.29) is 6.10 Å². The van der Waals surface area contributed by atoms with E-state index in [2.05, 4.69) is 15.5 Å². The van der Waals surface area contributed by atoms with E-state index in [1.807, 2.05) is 37.3 Å². The summed E-state index contributed by atoms with van der Waals surface area (Å²) in [5.74, 6) is 1.25. The smallest absolute Gasteiger partial charge is 0.239 e. The highest BCUT2D eigenvalue weighted by molar-refractivity contribution is 5.33. The summed E-state index contributed by atoms with van der Waals surface area (Å²) in [7, 11) is 0. The van der Waals surface area contributed by atoms with Crippen molar-refractivity contribution in [3.8, 4) is 11.6 Å². The van der Waals surface area contributed by atoms with E-state index >= 15 is 0 Å². The van der Waals surface area contributed by atoms with Crippen LogP contribution in [-0.2, 0) is 4.74 Å². The first kappa shape index (κ1) is 13.0. The van der Waals surface area contributed by atoms with Crippen molar-refractivity contribution in [2.45, 2.75) is 13.0 Å². The summed E-state index contributed by atoms with van der Waals surface area (Å²) < 4.78 is 11.5. The monoisotopic (exact) mass is 271 g/mol. The Morgan fingerprint density at radius 2 is 2.30 bits per heavy atom. The standard InChI is InChI=1S/C15H17N3O2/c1-11-7-15(18-17-9-11)20-13-4-2-3-12(8-13)14-10-16-5-6-19-14/h2-4,7-9,14,16H,5-6,10H2,1H3/t14-/m0/s1.